The van der Waals surface area contributed by atoms with Gasteiger partial charge in [0.05, 0.1) is 10.9 Å². The maximum absolute atomic E-state index is 13.2. The molecule has 0 amide bonds. The molecule has 0 spiro atoms. The van der Waals surface area contributed by atoms with E-state index in [9.17, 15) is 25.7 Å². The van der Waals surface area contributed by atoms with E-state index in [1.165, 1.54) is 24.3 Å². The van der Waals surface area contributed by atoms with E-state index in [4.69, 9.17) is 0 Å². The summed E-state index contributed by atoms with van der Waals surface area (Å²) in [6.07, 6.45) is 0. The van der Waals surface area contributed by atoms with Gasteiger partial charge in [-0.1, -0.05) is 18.2 Å². The van der Waals surface area contributed by atoms with E-state index >= 15 is 0 Å². The Morgan fingerprint density at radius 1 is 0.464 bits per heavy atom. The normalized spacial score (nSPS) is 13.9. The van der Waals surface area contributed by atoms with Gasteiger partial charge in [-0.2, -0.15) is 0 Å². The first-order valence-corrected chi connectivity index (χ1v) is 14.6. The molecule has 0 saturated heterocycles. The van der Waals surface area contributed by atoms with Crippen molar-refractivity contribution in [1.82, 2.24) is 0 Å². The molecular formula is C18H13F8SSb. The van der Waals surface area contributed by atoms with E-state index < -0.39 is 19.5 Å². The van der Waals surface area contributed by atoms with E-state index in [2.05, 4.69) is 0 Å². The fourth-order valence-electron chi connectivity index (χ4n) is 2.11. The van der Waals surface area contributed by atoms with E-state index in [0.717, 1.165) is 14.7 Å². The van der Waals surface area contributed by atoms with Crippen molar-refractivity contribution in [3.05, 3.63) is 90.5 Å². The summed E-state index contributed by atoms with van der Waals surface area (Å²) in [5.74, 6) is -0.510. The summed E-state index contributed by atoms with van der Waals surface area (Å²) in [7, 11) is -0.365. The third kappa shape index (κ3) is 8.97. The predicted molar refractivity (Wildman–Crippen MR) is 93.8 cm³/mol. The van der Waals surface area contributed by atoms with Gasteiger partial charge in [-0.15, -0.1) is 0 Å². The van der Waals surface area contributed by atoms with Crippen LogP contribution in [0.1, 0.15) is 0 Å². The SMILES string of the molecule is Fc1ccc([S+](c2ccccc2)c2ccc(F)cc2)cc1.[F][Sb-]([F])([F])([F])([F])[F]. The summed E-state index contributed by atoms with van der Waals surface area (Å²) in [5, 5.41) is 0. The van der Waals surface area contributed by atoms with Gasteiger partial charge in [-0.05, 0) is 60.7 Å². The van der Waals surface area contributed by atoms with Crippen molar-refractivity contribution in [3.8, 4) is 0 Å². The van der Waals surface area contributed by atoms with Gasteiger partial charge in [0.15, 0.2) is 14.7 Å². The van der Waals surface area contributed by atoms with Crippen LogP contribution in [0.15, 0.2) is 93.5 Å². The molecule has 0 aliphatic rings. The number of hydrogen-bond acceptors (Lipinski definition) is 0. The first-order chi connectivity index (χ1) is 12.7. The molecule has 3 aromatic carbocycles. The van der Waals surface area contributed by atoms with Crippen molar-refractivity contribution in [1.29, 1.82) is 0 Å². The number of halogens is 8. The van der Waals surface area contributed by atoms with Crippen molar-refractivity contribution < 1.29 is 25.7 Å². The Balaban J connectivity index is 0.000000345. The molecule has 0 aliphatic carbocycles. The van der Waals surface area contributed by atoms with Gasteiger partial charge in [-0.3, -0.25) is 0 Å². The first-order valence-electron chi connectivity index (χ1n) is 7.56. The molecule has 10 heteroatoms. The van der Waals surface area contributed by atoms with Crippen LogP contribution in [0.4, 0.5) is 25.7 Å². The number of rotatable bonds is 3. The van der Waals surface area contributed by atoms with Crippen LogP contribution < -0.4 is 0 Å². The third-order valence-electron chi connectivity index (χ3n) is 3.08. The molecule has 0 nitrogen and oxygen atoms in total. The second-order valence-electron chi connectivity index (χ2n) is 5.49. The average Bonchev–Trinajstić information content (AvgIpc) is 2.57. The molecule has 0 saturated carbocycles. The van der Waals surface area contributed by atoms with Crippen molar-refractivity contribution in [2.24, 2.45) is 0 Å². The zero-order valence-corrected chi connectivity index (χ0v) is 17.3. The van der Waals surface area contributed by atoms with Gasteiger partial charge in [0.1, 0.15) is 11.6 Å². The van der Waals surface area contributed by atoms with Gasteiger partial charge in [-0.25, -0.2) is 8.78 Å². The van der Waals surface area contributed by atoms with Crippen molar-refractivity contribution in [3.63, 3.8) is 0 Å². The van der Waals surface area contributed by atoms with E-state index in [-0.39, 0.29) is 22.5 Å². The molecule has 0 unspecified atom stereocenters. The van der Waals surface area contributed by atoms with Gasteiger partial charge < -0.3 is 0 Å². The average molecular weight is 535 g/mol. The van der Waals surface area contributed by atoms with Crippen LogP contribution in [0.3, 0.4) is 0 Å². The van der Waals surface area contributed by atoms with E-state index in [1.807, 2.05) is 30.3 Å². The second kappa shape index (κ2) is 7.59. The summed E-state index contributed by atoms with van der Waals surface area (Å²) in [5.41, 5.74) is 0. The minimum absolute atomic E-state index is 0.255. The summed E-state index contributed by atoms with van der Waals surface area (Å²) in [6, 6.07) is 23.0. The molecule has 0 aromatic heterocycles. The van der Waals surface area contributed by atoms with Gasteiger partial charge in [0, 0.05) is 0 Å². The second-order valence-corrected chi connectivity index (χ2v) is 13.0. The molecule has 3 rings (SSSR count). The molecule has 0 aliphatic heterocycles. The molecule has 28 heavy (non-hydrogen) atoms. The standard InChI is InChI=1S/C18H13F2S.6FH.Sb/c19-14-6-10-17(11-7-14)21(16-4-2-1-3-5-16)18-12-8-15(20)9-13-18;;;;;;;/h1-13H;6*1H;/q+1;;;;;;;+5/p-6. The Labute approximate surface area is 161 Å². The molecule has 3 aromatic rings. The van der Waals surface area contributed by atoms with Crippen LogP contribution >= 0.6 is 0 Å². The third-order valence-corrected chi connectivity index (χ3v) is 5.31. The van der Waals surface area contributed by atoms with Crippen molar-refractivity contribution >= 4 is 30.4 Å². The maximum atomic E-state index is 13.2. The van der Waals surface area contributed by atoms with Crippen LogP contribution in [0.5, 0.6) is 0 Å². The monoisotopic (exact) mass is 534 g/mol. The molecule has 0 fully saturated rings. The zero-order valence-electron chi connectivity index (χ0n) is 13.9. The minimum atomic E-state index is -11.2. The van der Waals surface area contributed by atoms with Crippen molar-refractivity contribution in [2.45, 2.75) is 14.7 Å². The Kier molecular flexibility index (Phi) is 6.12. The summed E-state index contributed by atoms with van der Waals surface area (Å²) in [4.78, 5) is 3.14. The fraction of sp³-hybridized carbons (Fsp3) is 0. The Morgan fingerprint density at radius 3 is 1.07 bits per heavy atom. The molecule has 0 radical (unpaired) electrons. The van der Waals surface area contributed by atoms with Crippen LogP contribution in [-0.2, 0) is 10.9 Å². The summed E-state index contributed by atoms with van der Waals surface area (Å²) in [6.45, 7) is 0. The van der Waals surface area contributed by atoms with Crippen LogP contribution in [0.2, 0.25) is 0 Å². The molecule has 0 bridgehead atoms. The van der Waals surface area contributed by atoms with Crippen LogP contribution in [-0.4, -0.2) is 19.5 Å². The zero-order chi connectivity index (χ0) is 21.1. The van der Waals surface area contributed by atoms with Crippen molar-refractivity contribution in [2.75, 3.05) is 0 Å². The number of hydrogen-bond donors (Lipinski definition) is 0. The molecule has 152 valence electrons. The van der Waals surface area contributed by atoms with Gasteiger partial charge in [0.25, 0.3) is 0 Å². The number of benzene rings is 3. The van der Waals surface area contributed by atoms with Crippen LogP contribution in [0, 0.1) is 11.6 Å². The summed E-state index contributed by atoms with van der Waals surface area (Å²) < 4.78 is 85.9. The Morgan fingerprint density at radius 2 is 0.750 bits per heavy atom. The Hall–Kier alpha value is -1.73. The van der Waals surface area contributed by atoms with E-state index in [1.54, 1.807) is 24.3 Å². The quantitative estimate of drug-likeness (QED) is 0.189. The fourth-order valence-corrected chi connectivity index (χ4v) is 4.17. The van der Waals surface area contributed by atoms with Gasteiger partial charge >= 0.3 is 36.4 Å². The topological polar surface area (TPSA) is 0 Å². The molecule has 0 heterocycles. The van der Waals surface area contributed by atoms with E-state index in [0.29, 0.717) is 0 Å². The Bertz CT molecular complexity index is 851. The van der Waals surface area contributed by atoms with Crippen LogP contribution in [0.25, 0.3) is 0 Å². The molecule has 0 atom stereocenters. The van der Waals surface area contributed by atoms with Gasteiger partial charge in [0.2, 0.25) is 0 Å². The molecule has 0 N–H and O–H groups in total. The molecular weight excluding hydrogens is 522 g/mol. The first kappa shape index (κ1) is 22.6. The predicted octanol–water partition coefficient (Wildman–Crippen LogP) is 7.20. The summed E-state index contributed by atoms with van der Waals surface area (Å²) >= 11 is -11.2.